The molecule has 13 heavy (non-hydrogen) atoms. The van der Waals surface area contributed by atoms with E-state index in [9.17, 15) is 9.90 Å². The summed E-state index contributed by atoms with van der Waals surface area (Å²) in [7, 11) is 0. The molecule has 1 fully saturated rings. The monoisotopic (exact) mass is 195 g/mol. The third kappa shape index (κ3) is 3.95. The molecule has 1 N–H and O–H groups in total. The fourth-order valence-corrected chi connectivity index (χ4v) is 1.63. The maximum absolute atomic E-state index is 10.6. The number of nitrogens with zero attached hydrogens (tertiary/aromatic N) is 1. The number of aliphatic carboxylic acids is 1. The number of hydrogen-bond acceptors (Lipinski definition) is 4. The predicted molar refractivity (Wildman–Crippen MR) is 41.3 cm³/mol. The third-order valence-corrected chi connectivity index (χ3v) is 2.26. The average molecular weight is 195 g/mol. The van der Waals surface area contributed by atoms with Crippen molar-refractivity contribution in [2.75, 3.05) is 19.7 Å². The van der Waals surface area contributed by atoms with Crippen LogP contribution in [-0.2, 0) is 4.79 Å². The van der Waals surface area contributed by atoms with Gasteiger partial charge in [0.1, 0.15) is 0 Å². The second-order valence-corrected chi connectivity index (χ2v) is 3.09. The largest absolute Gasteiger partial charge is 1.00 e. The van der Waals surface area contributed by atoms with Crippen molar-refractivity contribution in [1.29, 1.82) is 0 Å². The van der Waals surface area contributed by atoms with Gasteiger partial charge in [0.25, 0.3) is 0 Å². The molecule has 0 amide bonds. The summed E-state index contributed by atoms with van der Waals surface area (Å²) in [6.07, 6.45) is 2.38. The molecule has 1 rings (SSSR count). The Morgan fingerprint density at radius 1 is 1.46 bits per heavy atom. The smallest absolute Gasteiger partial charge is 0.548 e. The summed E-state index contributed by atoms with van der Waals surface area (Å²) in [5, 5.41) is 19.2. The van der Waals surface area contributed by atoms with Crippen LogP contribution in [0, 0.1) is 0 Å². The summed E-state index contributed by atoms with van der Waals surface area (Å²) in [5.74, 6) is -1.06. The Kier molecular flexibility index (Phi) is 6.99. The summed E-state index contributed by atoms with van der Waals surface area (Å²) < 4.78 is 0. The van der Waals surface area contributed by atoms with Gasteiger partial charge in [0.05, 0.1) is 12.0 Å². The van der Waals surface area contributed by atoms with Gasteiger partial charge in [-0.05, 0) is 32.4 Å². The number of hydrogen-bond donors (Lipinski definition) is 1. The van der Waals surface area contributed by atoms with Crippen molar-refractivity contribution in [3.8, 4) is 0 Å². The zero-order valence-electron chi connectivity index (χ0n) is 8.03. The van der Waals surface area contributed by atoms with E-state index in [1.165, 1.54) is 0 Å². The van der Waals surface area contributed by atoms with Crippen LogP contribution in [0.5, 0.6) is 0 Å². The van der Waals surface area contributed by atoms with Crippen LogP contribution < -0.4 is 34.7 Å². The van der Waals surface area contributed by atoms with Crippen molar-refractivity contribution in [1.82, 2.24) is 4.90 Å². The second-order valence-electron chi connectivity index (χ2n) is 3.09. The van der Waals surface area contributed by atoms with Gasteiger partial charge < -0.3 is 15.0 Å². The molecule has 0 aromatic carbocycles. The van der Waals surface area contributed by atoms with Crippen LogP contribution in [0.25, 0.3) is 0 Å². The number of carboxylic acid groups (broad SMARTS) is 1. The first-order valence-electron chi connectivity index (χ1n) is 4.31. The Bertz CT molecular complexity index is 159. The summed E-state index contributed by atoms with van der Waals surface area (Å²) in [4.78, 5) is 12.5. The topological polar surface area (TPSA) is 63.6 Å². The molecule has 1 aliphatic heterocycles. The van der Waals surface area contributed by atoms with Crippen LogP contribution in [0.3, 0.4) is 0 Å². The van der Waals surface area contributed by atoms with Gasteiger partial charge in [-0.1, -0.05) is 0 Å². The van der Waals surface area contributed by atoms with E-state index in [1.54, 1.807) is 0 Å². The molecule has 70 valence electrons. The first kappa shape index (κ1) is 13.4. The molecule has 1 unspecified atom stereocenters. The molecule has 0 aromatic heterocycles. The first-order valence-corrected chi connectivity index (χ1v) is 4.31. The molecular weight excluding hydrogens is 181 g/mol. The molecular formula is C8H14NNaO3. The zero-order valence-corrected chi connectivity index (χ0v) is 10.0. The van der Waals surface area contributed by atoms with Gasteiger partial charge in [-0.15, -0.1) is 0 Å². The third-order valence-electron chi connectivity index (χ3n) is 2.26. The molecule has 0 bridgehead atoms. The van der Waals surface area contributed by atoms with E-state index in [-0.39, 0.29) is 42.6 Å². The number of carbonyl (C=O) groups is 1. The molecule has 0 saturated carbocycles. The van der Waals surface area contributed by atoms with Crippen molar-refractivity contribution in [3.63, 3.8) is 0 Å². The van der Waals surface area contributed by atoms with Gasteiger partial charge in [0.15, 0.2) is 0 Å². The fourth-order valence-electron chi connectivity index (χ4n) is 1.63. The molecule has 0 radical (unpaired) electrons. The van der Waals surface area contributed by atoms with Gasteiger partial charge in [0, 0.05) is 6.61 Å². The number of likely N-dealkylation sites (tertiary alicyclic amines) is 1. The van der Waals surface area contributed by atoms with E-state index >= 15 is 0 Å². The Morgan fingerprint density at radius 3 is 2.38 bits per heavy atom. The minimum atomic E-state index is -1.06. The first-order chi connectivity index (χ1) is 5.75. The summed E-state index contributed by atoms with van der Waals surface area (Å²) in [6.45, 7) is 1.55. The minimum absolute atomic E-state index is 0. The van der Waals surface area contributed by atoms with Crippen LogP contribution in [0.4, 0.5) is 0 Å². The van der Waals surface area contributed by atoms with Crippen molar-refractivity contribution >= 4 is 5.97 Å². The SMILES string of the molecule is O=C([O-])C(CCO)N1CCCC1.[Na+]. The van der Waals surface area contributed by atoms with E-state index < -0.39 is 12.0 Å². The Balaban J connectivity index is 0.00000144. The van der Waals surface area contributed by atoms with Crippen LogP contribution in [0.15, 0.2) is 0 Å². The van der Waals surface area contributed by atoms with Crippen LogP contribution >= 0.6 is 0 Å². The molecule has 1 heterocycles. The van der Waals surface area contributed by atoms with Crippen LogP contribution in [0.2, 0.25) is 0 Å². The maximum atomic E-state index is 10.6. The van der Waals surface area contributed by atoms with Gasteiger partial charge in [-0.25, -0.2) is 0 Å². The van der Waals surface area contributed by atoms with Crippen LogP contribution in [-0.4, -0.2) is 41.7 Å². The molecule has 1 atom stereocenters. The summed E-state index contributed by atoms with van der Waals surface area (Å²) in [5.41, 5.74) is 0. The van der Waals surface area contributed by atoms with Crippen molar-refractivity contribution in [2.24, 2.45) is 0 Å². The molecule has 5 heteroatoms. The Morgan fingerprint density at radius 2 is 2.00 bits per heavy atom. The molecule has 0 aliphatic carbocycles. The molecule has 0 aromatic rings. The van der Waals surface area contributed by atoms with E-state index in [0.29, 0.717) is 0 Å². The van der Waals surface area contributed by atoms with Crippen molar-refractivity contribution in [2.45, 2.75) is 25.3 Å². The van der Waals surface area contributed by atoms with Gasteiger partial charge in [0.2, 0.25) is 0 Å². The second kappa shape index (κ2) is 6.79. The predicted octanol–water partition coefficient (Wildman–Crippen LogP) is -4.41. The molecule has 1 aliphatic rings. The standard InChI is InChI=1S/C8H15NO3.Na/c10-6-3-7(8(11)12)9-4-1-2-5-9;/h7,10H,1-6H2,(H,11,12);/q;+1/p-1. The normalized spacial score (nSPS) is 19.5. The van der Waals surface area contributed by atoms with Gasteiger partial charge in [-0.3, -0.25) is 4.90 Å². The van der Waals surface area contributed by atoms with Crippen LogP contribution in [0.1, 0.15) is 19.3 Å². The fraction of sp³-hybridized carbons (Fsp3) is 0.875. The van der Waals surface area contributed by atoms with Crippen molar-refractivity contribution < 1.29 is 44.6 Å². The summed E-state index contributed by atoms with van der Waals surface area (Å²) in [6, 6.07) is -0.586. The van der Waals surface area contributed by atoms with E-state index in [1.807, 2.05) is 4.90 Å². The number of carbonyl (C=O) groups excluding carboxylic acids is 1. The number of aliphatic hydroxyl groups excluding tert-OH is 1. The molecule has 4 nitrogen and oxygen atoms in total. The Labute approximate surface area is 100 Å². The van der Waals surface area contributed by atoms with Gasteiger partial charge >= 0.3 is 29.6 Å². The number of rotatable bonds is 4. The maximum Gasteiger partial charge on any atom is 1.00 e. The van der Waals surface area contributed by atoms with E-state index in [2.05, 4.69) is 0 Å². The summed E-state index contributed by atoms with van der Waals surface area (Å²) >= 11 is 0. The minimum Gasteiger partial charge on any atom is -0.548 e. The molecule has 0 spiro atoms. The van der Waals surface area contributed by atoms with E-state index in [4.69, 9.17) is 5.11 Å². The quantitative estimate of drug-likeness (QED) is 0.460. The van der Waals surface area contributed by atoms with Crippen molar-refractivity contribution in [3.05, 3.63) is 0 Å². The number of aliphatic hydroxyl groups is 1. The Hall–Kier alpha value is 0.390. The zero-order chi connectivity index (χ0) is 8.97. The number of carboxylic acids is 1. The van der Waals surface area contributed by atoms with Gasteiger partial charge in [-0.2, -0.15) is 0 Å². The molecule has 1 saturated heterocycles. The average Bonchev–Trinajstić information content (AvgIpc) is 2.51. The van der Waals surface area contributed by atoms with E-state index in [0.717, 1.165) is 25.9 Å².